The maximum absolute atomic E-state index is 8.58. The van der Waals surface area contributed by atoms with E-state index in [1.54, 1.807) is 24.3 Å². The molecule has 4 heteroatoms. The highest BCUT2D eigenvalue weighted by atomic mass is 35.5. The van der Waals surface area contributed by atoms with Crippen LogP contribution in [-0.4, -0.2) is 17.2 Å². The van der Waals surface area contributed by atoms with Crippen LogP contribution < -0.4 is 5.46 Å². The predicted octanol–water partition coefficient (Wildman–Crippen LogP) is 9.16. The lowest BCUT2D eigenvalue weighted by Gasteiger charge is -1.98. The highest BCUT2D eigenvalue weighted by Gasteiger charge is 2.07. The third kappa shape index (κ3) is 20.5. The first-order valence-electron chi connectivity index (χ1n) is 12.9. The van der Waals surface area contributed by atoms with E-state index in [-0.39, 0.29) is 0 Å². The summed E-state index contributed by atoms with van der Waals surface area (Å²) in [6, 6.07) is 38.9. The van der Waals surface area contributed by atoms with Gasteiger partial charge in [-0.1, -0.05) is 176 Å². The molecule has 0 heterocycles. The van der Waals surface area contributed by atoms with Crippen molar-refractivity contribution in [3.63, 3.8) is 0 Å². The lowest BCUT2D eigenvalue weighted by atomic mass is 9.81. The minimum atomic E-state index is -1.34. The molecule has 36 heavy (non-hydrogen) atoms. The number of rotatable bonds is 2. The van der Waals surface area contributed by atoms with E-state index in [2.05, 4.69) is 48.5 Å². The summed E-state index contributed by atoms with van der Waals surface area (Å²) < 4.78 is 0. The lowest BCUT2D eigenvalue weighted by molar-refractivity contribution is 0.426. The van der Waals surface area contributed by atoms with Crippen LogP contribution in [0.3, 0.4) is 0 Å². The summed E-state index contributed by atoms with van der Waals surface area (Å²) in [6.07, 6.45) is 0. The SMILES string of the molecule is CC.CC.CC.CC.Clc1ccccc1.OB(O)c1ccccc1.c1ccc(-c2ccccc2)cc1. The van der Waals surface area contributed by atoms with Gasteiger partial charge >= 0.3 is 7.12 Å². The molecule has 4 aromatic rings. The molecule has 0 fully saturated rings. The molecule has 0 saturated carbocycles. The van der Waals surface area contributed by atoms with E-state index in [4.69, 9.17) is 21.6 Å². The summed E-state index contributed by atoms with van der Waals surface area (Å²) >= 11 is 5.54. The van der Waals surface area contributed by atoms with Gasteiger partial charge in [0.05, 0.1) is 0 Å². The van der Waals surface area contributed by atoms with E-state index in [1.807, 2.05) is 104 Å². The van der Waals surface area contributed by atoms with Crippen molar-refractivity contribution in [2.75, 3.05) is 0 Å². The lowest BCUT2D eigenvalue weighted by Crippen LogP contribution is -2.29. The highest BCUT2D eigenvalue weighted by Crippen LogP contribution is 2.17. The van der Waals surface area contributed by atoms with E-state index >= 15 is 0 Å². The minimum Gasteiger partial charge on any atom is -0.423 e. The van der Waals surface area contributed by atoms with Crippen LogP contribution >= 0.6 is 11.6 Å². The maximum Gasteiger partial charge on any atom is 0.488 e. The third-order valence-electron chi connectivity index (χ3n) is 3.71. The van der Waals surface area contributed by atoms with Crippen molar-refractivity contribution in [1.82, 2.24) is 0 Å². The van der Waals surface area contributed by atoms with Gasteiger partial charge in [-0.2, -0.15) is 0 Å². The molecule has 0 radical (unpaired) electrons. The Morgan fingerprint density at radius 1 is 0.417 bits per heavy atom. The molecule has 4 rings (SSSR count). The standard InChI is InChI=1S/C12H10.C6H7BO2.C6H5Cl.4C2H6/c1-3-7-11(8-4-1)12-9-5-2-6-10-12;8-7(9)6-4-2-1-3-5-6;7-6-4-2-1-3-5-6;4*1-2/h1-10H;1-5,8-9H;1-5H;4*1-2H3. The number of halogens is 1. The van der Waals surface area contributed by atoms with Crippen molar-refractivity contribution >= 4 is 24.2 Å². The van der Waals surface area contributed by atoms with Gasteiger partial charge in [0.1, 0.15) is 0 Å². The van der Waals surface area contributed by atoms with Crippen LogP contribution in [-0.2, 0) is 0 Å². The number of hydrogen-bond donors (Lipinski definition) is 2. The molecular weight excluding hydrogens is 463 g/mol. The van der Waals surface area contributed by atoms with Crippen LogP contribution in [0.5, 0.6) is 0 Å². The number of hydrogen-bond acceptors (Lipinski definition) is 2. The van der Waals surface area contributed by atoms with Gasteiger partial charge in [-0.15, -0.1) is 0 Å². The average molecular weight is 509 g/mol. The van der Waals surface area contributed by atoms with Gasteiger partial charge in [0.15, 0.2) is 0 Å². The zero-order valence-electron chi connectivity index (χ0n) is 23.4. The zero-order valence-corrected chi connectivity index (χ0v) is 24.2. The van der Waals surface area contributed by atoms with Gasteiger partial charge in [0.25, 0.3) is 0 Å². The van der Waals surface area contributed by atoms with Crippen molar-refractivity contribution < 1.29 is 10.0 Å². The summed E-state index contributed by atoms with van der Waals surface area (Å²) in [5.74, 6) is 0. The second-order valence-corrected chi connectivity index (χ2v) is 6.25. The smallest absolute Gasteiger partial charge is 0.423 e. The number of benzene rings is 4. The van der Waals surface area contributed by atoms with Crippen LogP contribution in [0.4, 0.5) is 0 Å². The molecule has 0 aliphatic rings. The summed E-state index contributed by atoms with van der Waals surface area (Å²) in [5.41, 5.74) is 3.08. The topological polar surface area (TPSA) is 40.5 Å². The van der Waals surface area contributed by atoms with Gasteiger partial charge in [-0.25, -0.2) is 0 Å². The van der Waals surface area contributed by atoms with E-state index in [0.717, 1.165) is 5.02 Å². The van der Waals surface area contributed by atoms with E-state index in [0.29, 0.717) is 5.46 Å². The van der Waals surface area contributed by atoms with Gasteiger partial charge in [-0.05, 0) is 28.7 Å². The van der Waals surface area contributed by atoms with Gasteiger partial charge in [0, 0.05) is 5.02 Å². The van der Waals surface area contributed by atoms with E-state index in [1.165, 1.54) is 11.1 Å². The van der Waals surface area contributed by atoms with Crippen LogP contribution in [0.2, 0.25) is 5.02 Å². The summed E-state index contributed by atoms with van der Waals surface area (Å²) in [6.45, 7) is 16.0. The molecule has 0 spiro atoms. The summed E-state index contributed by atoms with van der Waals surface area (Å²) in [7, 11) is -1.34. The molecule has 196 valence electrons. The Labute approximate surface area is 226 Å². The third-order valence-corrected chi connectivity index (χ3v) is 3.96. The Morgan fingerprint density at radius 2 is 0.667 bits per heavy atom. The molecule has 0 amide bonds. The Bertz CT molecular complexity index is 851. The van der Waals surface area contributed by atoms with Crippen molar-refractivity contribution in [2.45, 2.75) is 55.4 Å². The monoisotopic (exact) mass is 508 g/mol. The molecule has 0 saturated heterocycles. The second kappa shape index (κ2) is 30.2. The van der Waals surface area contributed by atoms with E-state index in [9.17, 15) is 0 Å². The zero-order chi connectivity index (χ0) is 28.0. The quantitative estimate of drug-likeness (QED) is 0.265. The molecule has 4 aromatic carbocycles. The van der Waals surface area contributed by atoms with Crippen LogP contribution in [0.15, 0.2) is 121 Å². The molecule has 0 atom stereocenters. The fourth-order valence-electron chi connectivity index (χ4n) is 2.30. The predicted molar refractivity (Wildman–Crippen MR) is 165 cm³/mol. The molecule has 0 aliphatic heterocycles. The summed E-state index contributed by atoms with van der Waals surface area (Å²) in [4.78, 5) is 0. The maximum atomic E-state index is 8.58. The molecule has 2 N–H and O–H groups in total. The van der Waals surface area contributed by atoms with Gasteiger partial charge in [-0.3, -0.25) is 0 Å². The molecule has 0 unspecified atom stereocenters. The molecule has 0 aliphatic carbocycles. The fraction of sp³-hybridized carbons (Fsp3) is 0.250. The normalized spacial score (nSPS) is 7.86. The minimum absolute atomic E-state index is 0.525. The van der Waals surface area contributed by atoms with E-state index < -0.39 is 7.12 Å². The Balaban J connectivity index is -0.000000407. The molecular formula is C32H46BClO2. The first-order chi connectivity index (χ1) is 17.7. The molecule has 2 nitrogen and oxygen atoms in total. The van der Waals surface area contributed by atoms with Crippen molar-refractivity contribution in [3.05, 3.63) is 126 Å². The fourth-order valence-corrected chi connectivity index (χ4v) is 2.45. The largest absolute Gasteiger partial charge is 0.488 e. The Morgan fingerprint density at radius 3 is 0.861 bits per heavy atom. The van der Waals surface area contributed by atoms with Crippen molar-refractivity contribution in [3.8, 4) is 11.1 Å². The molecule has 0 aromatic heterocycles. The first kappa shape index (κ1) is 37.7. The Kier molecular flexibility index (Phi) is 31.6. The van der Waals surface area contributed by atoms with Crippen LogP contribution in [0.1, 0.15) is 55.4 Å². The molecule has 0 bridgehead atoms. The highest BCUT2D eigenvalue weighted by molar-refractivity contribution is 6.58. The van der Waals surface area contributed by atoms with Crippen LogP contribution in [0, 0.1) is 0 Å². The van der Waals surface area contributed by atoms with Crippen molar-refractivity contribution in [2.24, 2.45) is 0 Å². The Hall–Kier alpha value is -2.85. The first-order valence-corrected chi connectivity index (χ1v) is 13.3. The summed E-state index contributed by atoms with van der Waals surface area (Å²) in [5, 5.41) is 18.0. The van der Waals surface area contributed by atoms with Crippen LogP contribution in [0.25, 0.3) is 11.1 Å². The average Bonchev–Trinajstić information content (AvgIpc) is 3.00. The van der Waals surface area contributed by atoms with Gasteiger partial charge in [0.2, 0.25) is 0 Å². The second-order valence-electron chi connectivity index (χ2n) is 5.81. The van der Waals surface area contributed by atoms with Crippen molar-refractivity contribution in [1.29, 1.82) is 0 Å². The van der Waals surface area contributed by atoms with Gasteiger partial charge < -0.3 is 10.0 Å².